The van der Waals surface area contributed by atoms with Crippen molar-refractivity contribution in [2.75, 3.05) is 12.0 Å². The molecule has 0 saturated carbocycles. The Morgan fingerprint density at radius 2 is 2.06 bits per heavy atom. The number of anilines is 1. The number of nitriles is 1. The Hall–Kier alpha value is -3.63. The van der Waals surface area contributed by atoms with Gasteiger partial charge in [0.1, 0.15) is 17.4 Å². The summed E-state index contributed by atoms with van der Waals surface area (Å²) in [7, 11) is 0. The summed E-state index contributed by atoms with van der Waals surface area (Å²) in [6.07, 6.45) is 2.47. The first-order chi connectivity index (χ1) is 15.0. The van der Waals surface area contributed by atoms with Crippen LogP contribution in [0.4, 0.5) is 5.95 Å². The number of halogens is 1. The van der Waals surface area contributed by atoms with Crippen molar-refractivity contribution in [2.45, 2.75) is 20.3 Å². The predicted molar refractivity (Wildman–Crippen MR) is 123 cm³/mol. The van der Waals surface area contributed by atoms with E-state index < -0.39 is 5.56 Å². The van der Waals surface area contributed by atoms with E-state index in [-0.39, 0.29) is 17.2 Å². The number of rotatable bonds is 8. The van der Waals surface area contributed by atoms with Crippen LogP contribution in [0.15, 0.2) is 58.4 Å². The third-order valence-corrected chi connectivity index (χ3v) is 4.61. The summed E-state index contributed by atoms with van der Waals surface area (Å²) in [5, 5.41) is 14.1. The van der Waals surface area contributed by atoms with Crippen molar-refractivity contribution in [3.8, 4) is 23.1 Å². The zero-order chi connectivity index (χ0) is 22.2. The molecule has 0 atom stereocenters. The van der Waals surface area contributed by atoms with Crippen molar-refractivity contribution in [3.05, 3.63) is 75.0 Å². The topological polar surface area (TPSA) is 103 Å². The van der Waals surface area contributed by atoms with E-state index in [0.717, 1.165) is 6.42 Å². The second-order valence-corrected chi connectivity index (χ2v) is 7.64. The number of aromatic nitrogens is 2. The van der Waals surface area contributed by atoms with Crippen LogP contribution in [0.2, 0.25) is 5.02 Å². The van der Waals surface area contributed by atoms with Gasteiger partial charge in [-0.25, -0.2) is 10.4 Å². The molecule has 0 amide bonds. The molecule has 0 aliphatic heterocycles. The smallest absolute Gasteiger partial charge is 0.270 e. The van der Waals surface area contributed by atoms with E-state index in [1.54, 1.807) is 30.3 Å². The van der Waals surface area contributed by atoms with Crippen molar-refractivity contribution >= 4 is 23.8 Å². The molecule has 3 rings (SSSR count). The van der Waals surface area contributed by atoms with Gasteiger partial charge in [-0.05, 0) is 30.5 Å². The summed E-state index contributed by atoms with van der Waals surface area (Å²) in [5.41, 5.74) is 3.73. The first-order valence-electron chi connectivity index (χ1n) is 9.79. The van der Waals surface area contributed by atoms with Crippen LogP contribution in [-0.2, 0) is 0 Å². The van der Waals surface area contributed by atoms with Crippen molar-refractivity contribution < 1.29 is 4.74 Å². The number of H-pyrrole nitrogens is 1. The average Bonchev–Trinajstić information content (AvgIpc) is 2.75. The first kappa shape index (κ1) is 22.1. The molecule has 158 valence electrons. The van der Waals surface area contributed by atoms with E-state index in [2.05, 4.69) is 34.3 Å². The van der Waals surface area contributed by atoms with Crippen molar-refractivity contribution in [3.63, 3.8) is 0 Å². The molecule has 8 heteroatoms. The fraction of sp³-hybridized carbons (Fsp3) is 0.217. The number of hydrogen-bond acceptors (Lipinski definition) is 6. The molecule has 1 aromatic heterocycles. The van der Waals surface area contributed by atoms with Gasteiger partial charge in [0.2, 0.25) is 5.95 Å². The number of nitrogens with one attached hydrogen (secondary N) is 2. The standard InChI is InChI=1S/C23H22ClN5O2/c1-15(2)10-11-31-20-9-8-18(24)12-17(20)14-26-29-23-27-21(16-6-4-3-5-7-16)19(13-25)22(30)28-23/h3-9,12,14-15H,10-11H2,1-2H3,(H2,27,28,29,30). The van der Waals surface area contributed by atoms with Gasteiger partial charge in [0, 0.05) is 16.1 Å². The molecular formula is C23H22ClN5O2. The maximum absolute atomic E-state index is 12.3. The summed E-state index contributed by atoms with van der Waals surface area (Å²) in [6, 6.07) is 16.2. The van der Waals surface area contributed by atoms with E-state index in [1.165, 1.54) is 6.21 Å². The molecule has 31 heavy (non-hydrogen) atoms. The van der Waals surface area contributed by atoms with E-state index >= 15 is 0 Å². The summed E-state index contributed by atoms with van der Waals surface area (Å²) in [5.74, 6) is 1.30. The van der Waals surface area contributed by atoms with Crippen LogP contribution < -0.4 is 15.7 Å². The second kappa shape index (κ2) is 10.4. The molecule has 3 aromatic rings. The van der Waals surface area contributed by atoms with Gasteiger partial charge < -0.3 is 4.74 Å². The van der Waals surface area contributed by atoms with Crippen molar-refractivity contribution in [2.24, 2.45) is 11.0 Å². The molecule has 0 radical (unpaired) electrons. The second-order valence-electron chi connectivity index (χ2n) is 7.20. The van der Waals surface area contributed by atoms with Gasteiger partial charge in [-0.2, -0.15) is 10.4 Å². The Balaban J connectivity index is 1.83. The molecule has 1 heterocycles. The highest BCUT2D eigenvalue weighted by molar-refractivity contribution is 6.30. The summed E-state index contributed by atoms with van der Waals surface area (Å²) < 4.78 is 5.84. The normalized spacial score (nSPS) is 10.9. The van der Waals surface area contributed by atoms with Gasteiger partial charge in [-0.3, -0.25) is 9.78 Å². The molecule has 2 N–H and O–H groups in total. The number of nitrogens with zero attached hydrogens (tertiary/aromatic N) is 3. The van der Waals surface area contributed by atoms with Crippen LogP contribution in [0.3, 0.4) is 0 Å². The number of aromatic amines is 1. The van der Waals surface area contributed by atoms with Crippen molar-refractivity contribution in [1.29, 1.82) is 5.26 Å². The summed E-state index contributed by atoms with van der Waals surface area (Å²) >= 11 is 6.11. The van der Waals surface area contributed by atoms with Gasteiger partial charge in [0.05, 0.1) is 18.5 Å². The Labute approximate surface area is 185 Å². The predicted octanol–water partition coefficient (Wildman–Crippen LogP) is 4.83. The number of ether oxygens (including phenoxy) is 1. The van der Waals surface area contributed by atoms with Gasteiger partial charge >= 0.3 is 0 Å². The lowest BCUT2D eigenvalue weighted by Gasteiger charge is -2.11. The highest BCUT2D eigenvalue weighted by Gasteiger charge is 2.13. The van der Waals surface area contributed by atoms with Gasteiger partial charge in [0.25, 0.3) is 5.56 Å². The zero-order valence-electron chi connectivity index (χ0n) is 17.2. The van der Waals surface area contributed by atoms with E-state index in [1.807, 2.05) is 24.3 Å². The zero-order valence-corrected chi connectivity index (χ0v) is 18.0. The van der Waals surface area contributed by atoms with Crippen LogP contribution in [0.25, 0.3) is 11.3 Å². The van der Waals surface area contributed by atoms with E-state index in [4.69, 9.17) is 16.3 Å². The number of hydrogen-bond donors (Lipinski definition) is 2. The minimum atomic E-state index is -0.547. The molecule has 2 aromatic carbocycles. The fourth-order valence-electron chi connectivity index (χ4n) is 2.75. The molecule has 0 fully saturated rings. The van der Waals surface area contributed by atoms with Crippen LogP contribution in [0, 0.1) is 17.2 Å². The van der Waals surface area contributed by atoms with Crippen molar-refractivity contribution in [1.82, 2.24) is 9.97 Å². The lowest BCUT2D eigenvalue weighted by atomic mass is 10.1. The number of benzene rings is 2. The van der Waals surface area contributed by atoms with Gasteiger partial charge in [-0.1, -0.05) is 55.8 Å². The van der Waals surface area contributed by atoms with Gasteiger partial charge in [0.15, 0.2) is 0 Å². The SMILES string of the molecule is CC(C)CCOc1ccc(Cl)cc1C=NNc1nc(-c2ccccc2)c(C#N)c(=O)[nH]1. The summed E-state index contributed by atoms with van der Waals surface area (Å²) in [6.45, 7) is 4.84. The van der Waals surface area contributed by atoms with Crippen LogP contribution in [0.5, 0.6) is 5.75 Å². The molecule has 0 spiro atoms. The van der Waals surface area contributed by atoms with Crippen LogP contribution >= 0.6 is 11.6 Å². The lowest BCUT2D eigenvalue weighted by molar-refractivity contribution is 0.289. The highest BCUT2D eigenvalue weighted by Crippen LogP contribution is 2.22. The Kier molecular flexibility index (Phi) is 7.41. The largest absolute Gasteiger partial charge is 0.493 e. The molecular weight excluding hydrogens is 414 g/mol. The molecule has 0 aliphatic rings. The lowest BCUT2D eigenvalue weighted by Crippen LogP contribution is -2.16. The number of hydrazone groups is 1. The van der Waals surface area contributed by atoms with Crippen LogP contribution in [0.1, 0.15) is 31.4 Å². The third-order valence-electron chi connectivity index (χ3n) is 4.38. The average molecular weight is 436 g/mol. The molecule has 0 saturated heterocycles. The third kappa shape index (κ3) is 5.93. The monoisotopic (exact) mass is 435 g/mol. The molecule has 0 unspecified atom stereocenters. The van der Waals surface area contributed by atoms with E-state index in [0.29, 0.717) is 34.4 Å². The van der Waals surface area contributed by atoms with Gasteiger partial charge in [-0.15, -0.1) is 0 Å². The minimum Gasteiger partial charge on any atom is -0.493 e. The van der Waals surface area contributed by atoms with Crippen LogP contribution in [-0.4, -0.2) is 22.8 Å². The van der Waals surface area contributed by atoms with E-state index in [9.17, 15) is 10.1 Å². The summed E-state index contributed by atoms with van der Waals surface area (Å²) in [4.78, 5) is 19.2. The molecule has 0 bridgehead atoms. The Bertz CT molecular complexity index is 1170. The molecule has 7 nitrogen and oxygen atoms in total. The minimum absolute atomic E-state index is 0.0589. The fourth-order valence-corrected chi connectivity index (χ4v) is 2.93. The Morgan fingerprint density at radius 1 is 1.29 bits per heavy atom. The Morgan fingerprint density at radius 3 is 2.77 bits per heavy atom. The molecule has 0 aliphatic carbocycles. The maximum Gasteiger partial charge on any atom is 0.270 e. The maximum atomic E-state index is 12.3. The quantitative estimate of drug-likeness (QED) is 0.389. The highest BCUT2D eigenvalue weighted by atomic mass is 35.5. The first-order valence-corrected chi connectivity index (χ1v) is 10.2.